The number of carbonyl (C=O) groups excluding carboxylic acids is 1. The van der Waals surface area contributed by atoms with Crippen molar-refractivity contribution >= 4 is 28.4 Å². The summed E-state index contributed by atoms with van der Waals surface area (Å²) in [6, 6.07) is 8.89. The minimum absolute atomic E-state index is 0.213. The molecule has 100 valence electrons. The number of carbonyl (C=O) groups is 1. The second-order valence-electron chi connectivity index (χ2n) is 4.80. The Kier molecular flexibility index (Phi) is 3.07. The first kappa shape index (κ1) is 12.9. The van der Waals surface area contributed by atoms with E-state index < -0.39 is 0 Å². The second-order valence-corrected chi connectivity index (χ2v) is 5.24. The van der Waals surface area contributed by atoms with Gasteiger partial charge < -0.3 is 4.42 Å². The van der Waals surface area contributed by atoms with E-state index in [1.807, 2.05) is 19.9 Å². The molecule has 2 aromatic heterocycles. The third-order valence-corrected chi connectivity index (χ3v) is 3.37. The van der Waals surface area contributed by atoms with Gasteiger partial charge in [0.05, 0.1) is 0 Å². The number of aromatic nitrogens is 1. The highest BCUT2D eigenvalue weighted by Crippen LogP contribution is 2.24. The zero-order valence-electron chi connectivity index (χ0n) is 11.1. The first-order valence-electron chi connectivity index (χ1n) is 6.21. The average molecular weight is 286 g/mol. The van der Waals surface area contributed by atoms with Gasteiger partial charge in [0.25, 0.3) is 0 Å². The number of aryl methyl sites for hydroxylation is 2. The lowest BCUT2D eigenvalue weighted by Gasteiger charge is -2.02. The van der Waals surface area contributed by atoms with E-state index in [9.17, 15) is 4.79 Å². The molecule has 2 heterocycles. The van der Waals surface area contributed by atoms with Crippen molar-refractivity contribution in [3.63, 3.8) is 0 Å². The first-order valence-corrected chi connectivity index (χ1v) is 6.59. The molecule has 20 heavy (non-hydrogen) atoms. The SMILES string of the molecule is Cc1cnc(C(=O)c2cc3cc(Cl)ccc3o2)c(C)c1. The van der Waals surface area contributed by atoms with Gasteiger partial charge in [-0.25, -0.2) is 0 Å². The molecule has 3 aromatic rings. The third kappa shape index (κ3) is 2.21. The normalized spacial score (nSPS) is 10.9. The van der Waals surface area contributed by atoms with Crippen LogP contribution in [0.3, 0.4) is 0 Å². The fourth-order valence-corrected chi connectivity index (χ4v) is 2.38. The van der Waals surface area contributed by atoms with Crippen LogP contribution in [0.4, 0.5) is 0 Å². The fourth-order valence-electron chi connectivity index (χ4n) is 2.20. The average Bonchev–Trinajstić information content (AvgIpc) is 2.81. The number of furan rings is 1. The minimum Gasteiger partial charge on any atom is -0.453 e. The molecule has 0 N–H and O–H groups in total. The van der Waals surface area contributed by atoms with Crippen LogP contribution in [0, 0.1) is 13.8 Å². The van der Waals surface area contributed by atoms with Gasteiger partial charge in [-0.2, -0.15) is 0 Å². The van der Waals surface area contributed by atoms with Crippen LogP contribution >= 0.6 is 11.6 Å². The van der Waals surface area contributed by atoms with Crippen LogP contribution in [0.5, 0.6) is 0 Å². The summed E-state index contributed by atoms with van der Waals surface area (Å²) >= 11 is 5.93. The monoisotopic (exact) mass is 285 g/mol. The van der Waals surface area contributed by atoms with Crippen LogP contribution in [-0.2, 0) is 0 Å². The van der Waals surface area contributed by atoms with Crippen molar-refractivity contribution < 1.29 is 9.21 Å². The van der Waals surface area contributed by atoms with Gasteiger partial charge in [-0.1, -0.05) is 17.7 Å². The molecule has 0 aliphatic heterocycles. The number of fused-ring (bicyclic) bond motifs is 1. The maximum atomic E-state index is 12.4. The number of ketones is 1. The van der Waals surface area contributed by atoms with E-state index >= 15 is 0 Å². The summed E-state index contributed by atoms with van der Waals surface area (Å²) in [5, 5.41) is 1.42. The molecule has 0 fully saturated rings. The second kappa shape index (κ2) is 4.76. The van der Waals surface area contributed by atoms with Crippen molar-refractivity contribution in [2.75, 3.05) is 0 Å². The van der Waals surface area contributed by atoms with Crippen molar-refractivity contribution in [3.8, 4) is 0 Å². The van der Waals surface area contributed by atoms with Gasteiger partial charge in [0.2, 0.25) is 5.78 Å². The van der Waals surface area contributed by atoms with E-state index in [4.69, 9.17) is 16.0 Å². The van der Waals surface area contributed by atoms with Gasteiger partial charge in [0, 0.05) is 16.6 Å². The third-order valence-electron chi connectivity index (χ3n) is 3.13. The van der Waals surface area contributed by atoms with Gasteiger partial charge in [0.1, 0.15) is 11.3 Å². The molecule has 0 aliphatic carbocycles. The number of benzene rings is 1. The summed E-state index contributed by atoms with van der Waals surface area (Å²) in [6.07, 6.45) is 1.68. The van der Waals surface area contributed by atoms with E-state index in [1.165, 1.54) is 0 Å². The summed E-state index contributed by atoms with van der Waals surface area (Å²) < 4.78 is 5.58. The fraction of sp³-hybridized carbons (Fsp3) is 0.125. The molecular weight excluding hydrogens is 274 g/mol. The van der Waals surface area contributed by atoms with Gasteiger partial charge in [-0.05, 0) is 49.2 Å². The molecule has 0 spiro atoms. The van der Waals surface area contributed by atoms with E-state index in [0.29, 0.717) is 16.3 Å². The van der Waals surface area contributed by atoms with Crippen molar-refractivity contribution in [3.05, 3.63) is 64.1 Å². The van der Waals surface area contributed by atoms with Gasteiger partial charge in [-0.3, -0.25) is 9.78 Å². The van der Waals surface area contributed by atoms with E-state index in [1.54, 1.807) is 30.5 Å². The summed E-state index contributed by atoms with van der Waals surface area (Å²) in [7, 11) is 0. The van der Waals surface area contributed by atoms with Crippen molar-refractivity contribution in [2.45, 2.75) is 13.8 Å². The highest BCUT2D eigenvalue weighted by atomic mass is 35.5. The zero-order chi connectivity index (χ0) is 14.3. The van der Waals surface area contributed by atoms with E-state index in [0.717, 1.165) is 16.5 Å². The molecule has 0 aliphatic rings. The largest absolute Gasteiger partial charge is 0.453 e. The molecule has 0 amide bonds. The van der Waals surface area contributed by atoms with Crippen LogP contribution in [0.2, 0.25) is 5.02 Å². The minimum atomic E-state index is -0.213. The molecule has 0 radical (unpaired) electrons. The van der Waals surface area contributed by atoms with E-state index in [-0.39, 0.29) is 11.5 Å². The lowest BCUT2D eigenvalue weighted by Crippen LogP contribution is -2.05. The Balaban J connectivity index is 2.08. The number of rotatable bonds is 2. The molecule has 1 aromatic carbocycles. The molecular formula is C16H12ClNO2. The Morgan fingerprint density at radius 2 is 2.00 bits per heavy atom. The van der Waals surface area contributed by atoms with Crippen LogP contribution in [0.25, 0.3) is 11.0 Å². The molecule has 0 saturated heterocycles. The summed E-state index contributed by atoms with van der Waals surface area (Å²) in [6.45, 7) is 3.81. The van der Waals surface area contributed by atoms with Crippen LogP contribution in [-0.4, -0.2) is 10.8 Å². The lowest BCUT2D eigenvalue weighted by molar-refractivity contribution is 0.101. The van der Waals surface area contributed by atoms with Crippen LogP contribution in [0.1, 0.15) is 27.4 Å². The van der Waals surface area contributed by atoms with Crippen LogP contribution in [0.15, 0.2) is 40.9 Å². The van der Waals surface area contributed by atoms with Crippen LogP contribution < -0.4 is 0 Å². The Hall–Kier alpha value is -2.13. The predicted octanol–water partition coefficient (Wildman–Crippen LogP) is 4.33. The quantitative estimate of drug-likeness (QED) is 0.658. The van der Waals surface area contributed by atoms with E-state index in [2.05, 4.69) is 4.98 Å². The predicted molar refractivity (Wildman–Crippen MR) is 78.4 cm³/mol. The number of hydrogen-bond donors (Lipinski definition) is 0. The molecule has 0 atom stereocenters. The van der Waals surface area contributed by atoms with Crippen molar-refractivity contribution in [1.29, 1.82) is 0 Å². The van der Waals surface area contributed by atoms with Gasteiger partial charge in [0.15, 0.2) is 5.76 Å². The molecule has 4 heteroatoms. The van der Waals surface area contributed by atoms with Gasteiger partial charge >= 0.3 is 0 Å². The molecule has 0 unspecified atom stereocenters. The summed E-state index contributed by atoms with van der Waals surface area (Å²) in [5.41, 5.74) is 2.92. The Morgan fingerprint density at radius 1 is 1.20 bits per heavy atom. The topological polar surface area (TPSA) is 43.1 Å². The van der Waals surface area contributed by atoms with Gasteiger partial charge in [-0.15, -0.1) is 0 Å². The van der Waals surface area contributed by atoms with Crippen molar-refractivity contribution in [2.24, 2.45) is 0 Å². The molecule has 3 nitrogen and oxygen atoms in total. The highest BCUT2D eigenvalue weighted by Gasteiger charge is 2.18. The smallest absolute Gasteiger partial charge is 0.246 e. The van der Waals surface area contributed by atoms with Crippen molar-refractivity contribution in [1.82, 2.24) is 4.98 Å². The molecule has 0 bridgehead atoms. The number of halogens is 1. The summed E-state index contributed by atoms with van der Waals surface area (Å²) in [5.74, 6) is 0.0662. The first-order chi connectivity index (χ1) is 9.54. The maximum absolute atomic E-state index is 12.4. The standard InChI is InChI=1S/C16H12ClNO2/c1-9-5-10(2)15(18-8-9)16(19)14-7-11-6-12(17)3-4-13(11)20-14/h3-8H,1-2H3. The maximum Gasteiger partial charge on any atom is 0.246 e. The molecule has 0 saturated carbocycles. The Morgan fingerprint density at radius 3 is 2.75 bits per heavy atom. The number of hydrogen-bond acceptors (Lipinski definition) is 3. The Bertz CT molecular complexity index is 820. The highest BCUT2D eigenvalue weighted by molar-refractivity contribution is 6.31. The zero-order valence-corrected chi connectivity index (χ0v) is 11.9. The number of pyridine rings is 1. The lowest BCUT2D eigenvalue weighted by atomic mass is 10.1. The molecule has 3 rings (SSSR count). The Labute approximate surface area is 121 Å². The number of nitrogens with zero attached hydrogens (tertiary/aromatic N) is 1. The summed E-state index contributed by atoms with van der Waals surface area (Å²) in [4.78, 5) is 16.7.